The lowest BCUT2D eigenvalue weighted by molar-refractivity contribution is -0.121. The maximum atomic E-state index is 14.0. The topological polar surface area (TPSA) is 40.6 Å². The number of carbonyl (C=O) groups is 2. The van der Waals surface area contributed by atoms with Gasteiger partial charge in [-0.15, -0.1) is 11.3 Å². The first kappa shape index (κ1) is 21.6. The number of anilines is 1. The second kappa shape index (κ2) is 8.85. The molecule has 4 rings (SSSR count). The van der Waals surface area contributed by atoms with Gasteiger partial charge in [-0.25, -0.2) is 0 Å². The number of nitrogens with zero attached hydrogens (tertiary/aromatic N) is 2. The normalized spacial score (nSPS) is 18.2. The molecule has 0 bridgehead atoms. The van der Waals surface area contributed by atoms with Crippen LogP contribution in [0, 0.1) is 5.92 Å². The minimum Gasteiger partial charge on any atom is -0.329 e. The van der Waals surface area contributed by atoms with Gasteiger partial charge in [0, 0.05) is 34.7 Å². The van der Waals surface area contributed by atoms with Crippen molar-refractivity contribution in [3.05, 3.63) is 87.1 Å². The third kappa shape index (κ3) is 4.12. The van der Waals surface area contributed by atoms with Crippen molar-refractivity contribution >= 4 is 40.4 Å². The molecule has 160 valence electrons. The summed E-state index contributed by atoms with van der Waals surface area (Å²) in [5.41, 5.74) is 2.12. The van der Waals surface area contributed by atoms with Crippen LogP contribution in [0.5, 0.6) is 0 Å². The zero-order valence-corrected chi connectivity index (χ0v) is 19.4. The fourth-order valence-electron chi connectivity index (χ4n) is 4.25. The summed E-state index contributed by atoms with van der Waals surface area (Å²) in [5, 5.41) is 2.57. The number of thiophene rings is 1. The number of halogens is 1. The highest BCUT2D eigenvalue weighted by atomic mass is 35.5. The molecular weight excluding hydrogens is 428 g/mol. The van der Waals surface area contributed by atoms with Crippen molar-refractivity contribution < 1.29 is 9.59 Å². The van der Waals surface area contributed by atoms with Gasteiger partial charge in [0.25, 0.3) is 5.91 Å². The fraction of sp³-hybridized carbons (Fsp3) is 0.280. The molecule has 2 atom stereocenters. The highest BCUT2D eigenvalue weighted by Gasteiger charge is 2.45. The number of likely N-dealkylation sites (N-methyl/N-ethyl adjacent to an activating group) is 1. The lowest BCUT2D eigenvalue weighted by atomic mass is 9.80. The minimum absolute atomic E-state index is 0.0165. The monoisotopic (exact) mass is 452 g/mol. The second-order valence-corrected chi connectivity index (χ2v) is 9.67. The van der Waals surface area contributed by atoms with Crippen LogP contribution in [-0.2, 0) is 4.79 Å². The van der Waals surface area contributed by atoms with Gasteiger partial charge in [-0.05, 0) is 47.2 Å². The number of hydrogen-bond acceptors (Lipinski definition) is 3. The Kier molecular flexibility index (Phi) is 6.17. The number of hydrogen-bond donors (Lipinski definition) is 0. The molecule has 1 aliphatic rings. The first-order valence-electron chi connectivity index (χ1n) is 10.3. The first-order chi connectivity index (χ1) is 14.9. The van der Waals surface area contributed by atoms with Crippen molar-refractivity contribution in [1.29, 1.82) is 0 Å². The van der Waals surface area contributed by atoms with Crippen LogP contribution in [0.4, 0.5) is 5.69 Å². The van der Waals surface area contributed by atoms with Crippen LogP contribution in [0.3, 0.4) is 0 Å². The Hall–Kier alpha value is -2.63. The Labute approximate surface area is 192 Å². The molecule has 0 unspecified atom stereocenters. The Morgan fingerprint density at radius 1 is 1.13 bits per heavy atom. The standard InChI is InChI=1S/C25H25ClN2O2S/c1-16(2)15-28-23(21-12-7-13-31-21)22(19-10-4-5-11-20(19)24(28)29)25(30)27(3)18-9-6-8-17(26)14-18/h4-14,16,22-23H,15H2,1-3H3/t22-,23-/m1/s1. The van der Waals surface area contributed by atoms with Gasteiger partial charge in [-0.1, -0.05) is 55.8 Å². The molecule has 0 saturated carbocycles. The molecule has 0 radical (unpaired) electrons. The van der Waals surface area contributed by atoms with Gasteiger partial charge in [0.1, 0.15) is 0 Å². The molecule has 6 heteroatoms. The van der Waals surface area contributed by atoms with E-state index < -0.39 is 5.92 Å². The van der Waals surface area contributed by atoms with Crippen LogP contribution < -0.4 is 4.90 Å². The van der Waals surface area contributed by atoms with Crippen LogP contribution >= 0.6 is 22.9 Å². The summed E-state index contributed by atoms with van der Waals surface area (Å²) < 4.78 is 0. The molecule has 0 N–H and O–H groups in total. The fourth-order valence-corrected chi connectivity index (χ4v) is 5.31. The molecule has 3 aromatic rings. The quantitative estimate of drug-likeness (QED) is 0.476. The van der Waals surface area contributed by atoms with Crippen LogP contribution in [0.2, 0.25) is 5.02 Å². The van der Waals surface area contributed by atoms with Crippen LogP contribution in [0.1, 0.15) is 46.6 Å². The Bertz CT molecular complexity index is 1100. The van der Waals surface area contributed by atoms with E-state index in [1.165, 1.54) is 0 Å². The largest absolute Gasteiger partial charge is 0.329 e. The molecule has 31 heavy (non-hydrogen) atoms. The third-order valence-corrected chi connectivity index (χ3v) is 6.81. The molecule has 1 aliphatic heterocycles. The first-order valence-corrected chi connectivity index (χ1v) is 11.6. The van der Waals surface area contributed by atoms with Crippen LogP contribution in [0.15, 0.2) is 66.0 Å². The van der Waals surface area contributed by atoms with Crippen molar-refractivity contribution in [3.8, 4) is 0 Å². The van der Waals surface area contributed by atoms with Crippen molar-refractivity contribution in [1.82, 2.24) is 4.90 Å². The van der Waals surface area contributed by atoms with Gasteiger partial charge < -0.3 is 9.80 Å². The highest BCUT2D eigenvalue weighted by Crippen LogP contribution is 2.45. The van der Waals surface area contributed by atoms with E-state index in [1.807, 2.05) is 58.8 Å². The Balaban J connectivity index is 1.86. The molecule has 0 spiro atoms. The molecule has 2 aromatic carbocycles. The summed E-state index contributed by atoms with van der Waals surface area (Å²) >= 11 is 7.76. The number of benzene rings is 2. The van der Waals surface area contributed by atoms with Gasteiger partial charge in [0.2, 0.25) is 5.91 Å². The molecular formula is C25H25ClN2O2S. The average Bonchev–Trinajstić information content (AvgIpc) is 3.28. The summed E-state index contributed by atoms with van der Waals surface area (Å²) in [4.78, 5) is 32.0. The highest BCUT2D eigenvalue weighted by molar-refractivity contribution is 7.10. The molecule has 0 fully saturated rings. The smallest absolute Gasteiger partial charge is 0.254 e. The van der Waals surface area contributed by atoms with E-state index in [0.717, 1.165) is 16.1 Å². The zero-order valence-electron chi connectivity index (χ0n) is 17.8. The van der Waals surface area contributed by atoms with Gasteiger partial charge in [0.15, 0.2) is 0 Å². The Morgan fingerprint density at radius 3 is 2.58 bits per heavy atom. The van der Waals surface area contributed by atoms with E-state index in [0.29, 0.717) is 17.1 Å². The SMILES string of the molecule is CC(C)CN1C(=O)c2ccccc2[C@@H](C(=O)N(C)c2cccc(Cl)c2)[C@H]1c1cccs1. The van der Waals surface area contributed by atoms with E-state index in [-0.39, 0.29) is 23.8 Å². The molecule has 2 amide bonds. The third-order valence-electron chi connectivity index (χ3n) is 5.63. The van der Waals surface area contributed by atoms with Gasteiger partial charge >= 0.3 is 0 Å². The summed E-state index contributed by atoms with van der Waals surface area (Å²) in [7, 11) is 1.77. The molecule has 1 aromatic heterocycles. The maximum Gasteiger partial charge on any atom is 0.254 e. The van der Waals surface area contributed by atoms with E-state index >= 15 is 0 Å². The lowest BCUT2D eigenvalue weighted by Crippen LogP contribution is -2.48. The van der Waals surface area contributed by atoms with Gasteiger partial charge in [-0.2, -0.15) is 0 Å². The molecule has 0 aliphatic carbocycles. The summed E-state index contributed by atoms with van der Waals surface area (Å²) in [6, 6.07) is 18.4. The Morgan fingerprint density at radius 2 is 1.90 bits per heavy atom. The maximum absolute atomic E-state index is 14.0. The number of amides is 2. The van der Waals surface area contributed by atoms with Gasteiger partial charge in [-0.3, -0.25) is 9.59 Å². The predicted octanol–water partition coefficient (Wildman–Crippen LogP) is 6.00. The molecule has 4 nitrogen and oxygen atoms in total. The van der Waals surface area contributed by atoms with Crippen molar-refractivity contribution in [2.45, 2.75) is 25.8 Å². The van der Waals surface area contributed by atoms with E-state index in [1.54, 1.807) is 35.4 Å². The number of carbonyl (C=O) groups excluding carboxylic acids is 2. The van der Waals surface area contributed by atoms with Crippen molar-refractivity contribution in [2.75, 3.05) is 18.5 Å². The van der Waals surface area contributed by atoms with Crippen molar-refractivity contribution in [3.63, 3.8) is 0 Å². The summed E-state index contributed by atoms with van der Waals surface area (Å²) in [6.07, 6.45) is 0. The minimum atomic E-state index is -0.504. The molecule has 0 saturated heterocycles. The number of fused-ring (bicyclic) bond motifs is 1. The predicted molar refractivity (Wildman–Crippen MR) is 127 cm³/mol. The second-order valence-electron chi connectivity index (χ2n) is 8.25. The van der Waals surface area contributed by atoms with Crippen LogP contribution in [0.25, 0.3) is 0 Å². The van der Waals surface area contributed by atoms with E-state index in [2.05, 4.69) is 13.8 Å². The summed E-state index contributed by atoms with van der Waals surface area (Å²) in [6.45, 7) is 4.77. The van der Waals surface area contributed by atoms with Gasteiger partial charge in [0.05, 0.1) is 12.0 Å². The van der Waals surface area contributed by atoms with E-state index in [4.69, 9.17) is 11.6 Å². The number of rotatable bonds is 5. The summed E-state index contributed by atoms with van der Waals surface area (Å²) in [5.74, 6) is -0.306. The van der Waals surface area contributed by atoms with Crippen LogP contribution in [-0.4, -0.2) is 30.3 Å². The zero-order chi connectivity index (χ0) is 22.1. The van der Waals surface area contributed by atoms with Crippen molar-refractivity contribution in [2.24, 2.45) is 5.92 Å². The van der Waals surface area contributed by atoms with E-state index in [9.17, 15) is 9.59 Å². The molecule has 2 heterocycles. The average molecular weight is 453 g/mol. The lowest BCUT2D eigenvalue weighted by Gasteiger charge is -2.43.